The Morgan fingerprint density at radius 2 is 1.62 bits per heavy atom. The molecule has 0 fully saturated rings. The van der Waals surface area contributed by atoms with E-state index in [1.165, 1.54) is 0 Å². The van der Waals surface area contributed by atoms with Crippen molar-refractivity contribution in [3.8, 4) is 11.5 Å². The van der Waals surface area contributed by atoms with Gasteiger partial charge in [-0.25, -0.2) is 8.78 Å². The molecule has 0 amide bonds. The van der Waals surface area contributed by atoms with Crippen molar-refractivity contribution in [1.29, 1.82) is 0 Å². The standard InChI is InChI=1S/C16H10BrF2NO/c17-15-11-4-2-1-3-9(11)5-6-14(15)21-16-12(18)7-10(20)8-13(16)19/h1-8H,20H2. The second-order valence-electron chi connectivity index (χ2n) is 4.51. The SMILES string of the molecule is Nc1cc(F)c(Oc2ccc3ccccc3c2Br)c(F)c1. The van der Waals surface area contributed by atoms with Gasteiger partial charge in [0.1, 0.15) is 5.75 Å². The van der Waals surface area contributed by atoms with Gasteiger partial charge in [-0.1, -0.05) is 30.3 Å². The van der Waals surface area contributed by atoms with Gasteiger partial charge in [-0.2, -0.15) is 0 Å². The van der Waals surface area contributed by atoms with Gasteiger partial charge < -0.3 is 10.5 Å². The lowest BCUT2D eigenvalue weighted by Gasteiger charge is -2.11. The van der Waals surface area contributed by atoms with Crippen molar-refractivity contribution < 1.29 is 13.5 Å². The van der Waals surface area contributed by atoms with Gasteiger partial charge in [-0.05, 0) is 32.8 Å². The Labute approximate surface area is 128 Å². The second-order valence-corrected chi connectivity index (χ2v) is 5.31. The molecule has 21 heavy (non-hydrogen) atoms. The number of benzene rings is 3. The van der Waals surface area contributed by atoms with Crippen LogP contribution >= 0.6 is 15.9 Å². The van der Waals surface area contributed by atoms with E-state index in [1.54, 1.807) is 6.07 Å². The summed E-state index contributed by atoms with van der Waals surface area (Å²) in [6.07, 6.45) is 0. The fourth-order valence-corrected chi connectivity index (χ4v) is 2.65. The van der Waals surface area contributed by atoms with Gasteiger partial charge in [0, 0.05) is 17.8 Å². The summed E-state index contributed by atoms with van der Waals surface area (Å²) >= 11 is 3.41. The average Bonchev–Trinajstić information content (AvgIpc) is 2.45. The summed E-state index contributed by atoms with van der Waals surface area (Å²) < 4.78 is 33.6. The van der Waals surface area contributed by atoms with E-state index in [2.05, 4.69) is 15.9 Å². The van der Waals surface area contributed by atoms with Gasteiger partial charge in [-0.15, -0.1) is 0 Å². The minimum atomic E-state index is -0.840. The molecule has 0 heterocycles. The van der Waals surface area contributed by atoms with Gasteiger partial charge in [0.05, 0.1) is 4.47 Å². The highest BCUT2D eigenvalue weighted by atomic mass is 79.9. The van der Waals surface area contributed by atoms with Crippen LogP contribution in [0.4, 0.5) is 14.5 Å². The first kappa shape index (κ1) is 13.8. The molecule has 0 aliphatic heterocycles. The van der Waals surface area contributed by atoms with Gasteiger partial charge in [0.15, 0.2) is 17.4 Å². The molecule has 0 bridgehead atoms. The molecule has 0 saturated carbocycles. The number of nitrogen functional groups attached to an aromatic ring is 1. The number of fused-ring (bicyclic) bond motifs is 1. The van der Waals surface area contributed by atoms with Crippen LogP contribution in [0, 0.1) is 11.6 Å². The maximum atomic E-state index is 13.8. The van der Waals surface area contributed by atoms with Crippen molar-refractivity contribution >= 4 is 32.4 Å². The van der Waals surface area contributed by atoms with E-state index in [-0.39, 0.29) is 5.69 Å². The van der Waals surface area contributed by atoms with Crippen LogP contribution in [0.15, 0.2) is 53.0 Å². The van der Waals surface area contributed by atoms with E-state index < -0.39 is 17.4 Å². The average molecular weight is 350 g/mol. The first-order valence-electron chi connectivity index (χ1n) is 6.16. The molecule has 0 spiro atoms. The van der Waals surface area contributed by atoms with Gasteiger partial charge in [0.2, 0.25) is 0 Å². The Kier molecular flexibility index (Phi) is 3.51. The third kappa shape index (κ3) is 2.56. The number of nitrogens with two attached hydrogens (primary N) is 1. The summed E-state index contributed by atoms with van der Waals surface area (Å²) in [5, 5.41) is 1.89. The van der Waals surface area contributed by atoms with Crippen LogP contribution in [0.3, 0.4) is 0 Å². The maximum absolute atomic E-state index is 13.8. The van der Waals surface area contributed by atoms with Crippen molar-refractivity contribution in [2.24, 2.45) is 0 Å². The first-order valence-corrected chi connectivity index (χ1v) is 6.95. The topological polar surface area (TPSA) is 35.2 Å². The largest absolute Gasteiger partial charge is 0.450 e. The van der Waals surface area contributed by atoms with Gasteiger partial charge in [-0.3, -0.25) is 0 Å². The molecule has 0 unspecified atom stereocenters. The van der Waals surface area contributed by atoms with Crippen molar-refractivity contribution in [3.05, 3.63) is 64.6 Å². The molecule has 0 atom stereocenters. The zero-order chi connectivity index (χ0) is 15.0. The summed E-state index contributed by atoms with van der Waals surface area (Å²) in [7, 11) is 0. The summed E-state index contributed by atoms with van der Waals surface area (Å²) in [6, 6.07) is 13.1. The van der Waals surface area contributed by atoms with E-state index >= 15 is 0 Å². The Balaban J connectivity index is 2.09. The number of ether oxygens (including phenoxy) is 1. The summed E-state index contributed by atoms with van der Waals surface area (Å²) in [6.45, 7) is 0. The molecular formula is C16H10BrF2NO. The Morgan fingerprint density at radius 1 is 0.952 bits per heavy atom. The van der Waals surface area contributed by atoms with Crippen LogP contribution in [0.1, 0.15) is 0 Å². The molecule has 106 valence electrons. The Morgan fingerprint density at radius 3 is 2.33 bits per heavy atom. The van der Waals surface area contributed by atoms with Crippen LogP contribution < -0.4 is 10.5 Å². The highest BCUT2D eigenvalue weighted by Crippen LogP contribution is 2.37. The smallest absolute Gasteiger partial charge is 0.198 e. The van der Waals surface area contributed by atoms with E-state index in [1.807, 2.05) is 30.3 Å². The number of rotatable bonds is 2. The van der Waals surface area contributed by atoms with Crippen LogP contribution in [0.2, 0.25) is 0 Å². The van der Waals surface area contributed by atoms with Crippen LogP contribution in [-0.4, -0.2) is 0 Å². The summed E-state index contributed by atoms with van der Waals surface area (Å²) in [4.78, 5) is 0. The molecule has 0 aliphatic rings. The minimum absolute atomic E-state index is 0.00919. The quantitative estimate of drug-likeness (QED) is 0.641. The third-order valence-electron chi connectivity index (χ3n) is 3.06. The monoisotopic (exact) mass is 349 g/mol. The molecule has 2 nitrogen and oxygen atoms in total. The van der Waals surface area contributed by atoms with E-state index in [0.29, 0.717) is 10.2 Å². The van der Waals surface area contributed by atoms with Crippen molar-refractivity contribution in [3.63, 3.8) is 0 Å². The fraction of sp³-hybridized carbons (Fsp3) is 0. The minimum Gasteiger partial charge on any atom is -0.450 e. The number of hydrogen-bond acceptors (Lipinski definition) is 2. The van der Waals surface area contributed by atoms with E-state index in [0.717, 1.165) is 22.9 Å². The van der Waals surface area contributed by atoms with Crippen molar-refractivity contribution in [2.45, 2.75) is 0 Å². The molecule has 0 aliphatic carbocycles. The lowest BCUT2D eigenvalue weighted by Crippen LogP contribution is -1.96. The third-order valence-corrected chi connectivity index (χ3v) is 3.88. The zero-order valence-electron chi connectivity index (χ0n) is 10.7. The Bertz CT molecular complexity index is 813. The molecule has 3 aromatic rings. The number of halogens is 3. The molecule has 0 saturated heterocycles. The fourth-order valence-electron chi connectivity index (χ4n) is 2.08. The zero-order valence-corrected chi connectivity index (χ0v) is 12.3. The highest BCUT2D eigenvalue weighted by molar-refractivity contribution is 9.10. The predicted octanol–water partition coefficient (Wildman–Crippen LogP) is 5.26. The van der Waals surface area contributed by atoms with E-state index in [4.69, 9.17) is 10.5 Å². The lowest BCUT2D eigenvalue weighted by molar-refractivity contribution is 0.406. The van der Waals surface area contributed by atoms with E-state index in [9.17, 15) is 8.78 Å². The van der Waals surface area contributed by atoms with Crippen LogP contribution in [0.5, 0.6) is 11.5 Å². The molecule has 0 aromatic heterocycles. The summed E-state index contributed by atoms with van der Waals surface area (Å²) in [5.41, 5.74) is 5.39. The number of hydrogen-bond donors (Lipinski definition) is 1. The van der Waals surface area contributed by atoms with Gasteiger partial charge in [0.25, 0.3) is 0 Å². The molecule has 3 aromatic carbocycles. The highest BCUT2D eigenvalue weighted by Gasteiger charge is 2.15. The predicted molar refractivity (Wildman–Crippen MR) is 82.5 cm³/mol. The molecule has 5 heteroatoms. The normalized spacial score (nSPS) is 10.8. The lowest BCUT2D eigenvalue weighted by atomic mass is 10.1. The van der Waals surface area contributed by atoms with Crippen LogP contribution in [0.25, 0.3) is 10.8 Å². The van der Waals surface area contributed by atoms with Gasteiger partial charge >= 0.3 is 0 Å². The molecule has 3 rings (SSSR count). The Hall–Kier alpha value is -2.14. The first-order chi connectivity index (χ1) is 10.1. The van der Waals surface area contributed by atoms with Crippen molar-refractivity contribution in [1.82, 2.24) is 0 Å². The summed E-state index contributed by atoms with van der Waals surface area (Å²) in [5.74, 6) is -1.82. The molecular weight excluding hydrogens is 340 g/mol. The second kappa shape index (κ2) is 5.33. The maximum Gasteiger partial charge on any atom is 0.198 e. The van der Waals surface area contributed by atoms with Crippen LogP contribution in [-0.2, 0) is 0 Å². The van der Waals surface area contributed by atoms with Crippen molar-refractivity contribution in [2.75, 3.05) is 5.73 Å². The molecule has 2 N–H and O–H groups in total. The molecule has 0 radical (unpaired) electrons. The number of anilines is 1.